The third-order valence-electron chi connectivity index (χ3n) is 0. The Morgan fingerprint density at radius 1 is 1.80 bits per heavy atom. The van der Waals surface area contributed by atoms with Crippen LogP contribution >= 0.6 is 0 Å². The summed E-state index contributed by atoms with van der Waals surface area (Å²) in [7, 11) is 0. The van der Waals surface area contributed by atoms with Crippen LogP contribution in [0.15, 0.2) is 12.2 Å². The van der Waals surface area contributed by atoms with E-state index < -0.39 is 0 Å². The van der Waals surface area contributed by atoms with Crippen molar-refractivity contribution in [3.63, 3.8) is 0 Å². The van der Waals surface area contributed by atoms with Gasteiger partial charge in [0, 0.05) is 19.5 Å². The molecular weight excluding hydrogens is 113 g/mol. The zero-order valence-corrected chi connectivity index (χ0v) is 6.59. The quantitative estimate of drug-likeness (QED) is 0.335. The van der Waals surface area contributed by atoms with E-state index in [0.717, 1.165) is 5.57 Å². The van der Waals surface area contributed by atoms with Gasteiger partial charge in [-0.3, -0.25) is 0 Å². The van der Waals surface area contributed by atoms with Gasteiger partial charge in [-0.15, -0.1) is 0 Å². The van der Waals surface area contributed by atoms with Crippen molar-refractivity contribution in [2.24, 2.45) is 0 Å². The van der Waals surface area contributed by atoms with Gasteiger partial charge in [0.1, 0.15) is 0 Å². The van der Waals surface area contributed by atoms with E-state index in [1.165, 1.54) is 0 Å². The Morgan fingerprint density at radius 2 is 1.80 bits per heavy atom. The maximum atomic E-state index is 3.44. The number of hydrogen-bond acceptors (Lipinski definition) is 0. The molecule has 0 rings (SSSR count). The average Bonchev–Trinajstić information content (AvgIpc) is 0.811. The monoisotopic (exact) mass is 119 g/mol. The Kier molecular flexibility index (Phi) is 7.60. The summed E-state index contributed by atoms with van der Waals surface area (Å²) in [4.78, 5) is 0. The summed E-state index contributed by atoms with van der Waals surface area (Å²) < 4.78 is 0. The van der Waals surface area contributed by atoms with Gasteiger partial charge in [0.2, 0.25) is 0 Å². The van der Waals surface area contributed by atoms with Crippen LogP contribution in [-0.2, 0) is 19.5 Å². The maximum absolute atomic E-state index is 3.44. The SMILES string of the molecule is C=C([CH2-])C.[Zn]. The van der Waals surface area contributed by atoms with Gasteiger partial charge in [0.05, 0.1) is 0 Å². The largest absolute Gasteiger partial charge is 0.242 e. The number of hydrogen-bond donors (Lipinski definition) is 0. The summed E-state index contributed by atoms with van der Waals surface area (Å²) >= 11 is 0. The minimum absolute atomic E-state index is 0. The molecule has 0 aromatic rings. The Hall–Kier alpha value is 0.233. The van der Waals surface area contributed by atoms with E-state index in [-0.39, 0.29) is 19.5 Å². The van der Waals surface area contributed by atoms with Gasteiger partial charge in [-0.25, -0.2) is 19.1 Å². The second-order valence-electron chi connectivity index (χ2n) is 0.957. The van der Waals surface area contributed by atoms with Gasteiger partial charge in [0.25, 0.3) is 0 Å². The standard InChI is InChI=1S/C4H7.Zn/c1-4(2)3;/h1-2H2,3H3;/q-1;. The fourth-order valence-electron chi connectivity index (χ4n) is 0. The minimum atomic E-state index is 0. The molecule has 0 saturated heterocycles. The van der Waals surface area contributed by atoms with Crippen molar-refractivity contribution >= 4 is 0 Å². The first-order valence-corrected chi connectivity index (χ1v) is 1.21. The minimum Gasteiger partial charge on any atom is -0.242 e. The summed E-state index contributed by atoms with van der Waals surface area (Å²) in [6.07, 6.45) is 0. The number of rotatable bonds is 0. The van der Waals surface area contributed by atoms with E-state index in [1.54, 1.807) is 0 Å². The van der Waals surface area contributed by atoms with E-state index in [9.17, 15) is 0 Å². The van der Waals surface area contributed by atoms with Crippen LogP contribution in [0.5, 0.6) is 0 Å². The molecule has 0 aliphatic rings. The van der Waals surface area contributed by atoms with Gasteiger partial charge >= 0.3 is 0 Å². The smallest absolute Gasteiger partial charge is 0 e. The van der Waals surface area contributed by atoms with Crippen molar-refractivity contribution in [3.05, 3.63) is 19.1 Å². The summed E-state index contributed by atoms with van der Waals surface area (Å²) in [5.41, 5.74) is 0.917. The molecule has 0 amide bonds. The zero-order valence-electron chi connectivity index (χ0n) is 3.62. The molecular formula is C4H7Zn-. The van der Waals surface area contributed by atoms with Crippen LogP contribution in [-0.4, -0.2) is 0 Å². The van der Waals surface area contributed by atoms with E-state index in [1.807, 2.05) is 6.92 Å². The van der Waals surface area contributed by atoms with Gasteiger partial charge in [0.15, 0.2) is 0 Å². The molecule has 1 heteroatoms. The molecule has 0 bridgehead atoms. The van der Waals surface area contributed by atoms with Gasteiger partial charge < -0.3 is 0 Å². The summed E-state index contributed by atoms with van der Waals surface area (Å²) in [6.45, 7) is 8.75. The van der Waals surface area contributed by atoms with Crippen LogP contribution in [0.3, 0.4) is 0 Å². The first-order valence-electron chi connectivity index (χ1n) is 1.21. The molecule has 0 N–H and O–H groups in total. The van der Waals surface area contributed by atoms with E-state index >= 15 is 0 Å². The van der Waals surface area contributed by atoms with Gasteiger partial charge in [-0.2, -0.15) is 0 Å². The maximum Gasteiger partial charge on any atom is 0 e. The van der Waals surface area contributed by atoms with Gasteiger partial charge in [-0.05, 0) is 0 Å². The zero-order chi connectivity index (χ0) is 3.58. The predicted octanol–water partition coefficient (Wildman–Crippen LogP) is 1.39. The molecule has 0 saturated carbocycles. The van der Waals surface area contributed by atoms with Crippen LogP contribution in [0.2, 0.25) is 0 Å². The normalized spacial score (nSPS) is 5.00. The molecule has 0 unspecified atom stereocenters. The van der Waals surface area contributed by atoms with E-state index in [2.05, 4.69) is 13.5 Å². The van der Waals surface area contributed by atoms with Crippen molar-refractivity contribution in [1.29, 1.82) is 0 Å². The molecule has 0 heterocycles. The predicted molar refractivity (Wildman–Crippen MR) is 20.2 cm³/mol. The Bertz CT molecular complexity index is 26.6. The fourth-order valence-corrected chi connectivity index (χ4v) is 0. The number of allylic oxidation sites excluding steroid dienone is 1. The molecule has 0 fully saturated rings. The van der Waals surface area contributed by atoms with Crippen LogP contribution in [0.1, 0.15) is 6.92 Å². The Labute approximate surface area is 46.0 Å². The van der Waals surface area contributed by atoms with E-state index in [4.69, 9.17) is 0 Å². The van der Waals surface area contributed by atoms with Crippen molar-refractivity contribution in [3.8, 4) is 0 Å². The third-order valence-corrected chi connectivity index (χ3v) is 0. The second-order valence-corrected chi connectivity index (χ2v) is 0.957. The molecule has 0 aromatic carbocycles. The van der Waals surface area contributed by atoms with Crippen molar-refractivity contribution in [1.82, 2.24) is 0 Å². The second kappa shape index (κ2) is 4.23. The Balaban J connectivity index is 0. The van der Waals surface area contributed by atoms with Crippen molar-refractivity contribution in [2.45, 2.75) is 6.92 Å². The molecule has 0 spiro atoms. The van der Waals surface area contributed by atoms with Crippen LogP contribution < -0.4 is 0 Å². The summed E-state index contributed by atoms with van der Waals surface area (Å²) in [6, 6.07) is 0. The Morgan fingerprint density at radius 3 is 1.80 bits per heavy atom. The molecule has 0 nitrogen and oxygen atoms in total. The fraction of sp³-hybridized carbons (Fsp3) is 0.250. The first kappa shape index (κ1) is 8.97. The third kappa shape index (κ3) is 388. The topological polar surface area (TPSA) is 0 Å². The van der Waals surface area contributed by atoms with Crippen LogP contribution in [0.25, 0.3) is 0 Å². The molecule has 5 heavy (non-hydrogen) atoms. The van der Waals surface area contributed by atoms with Crippen molar-refractivity contribution in [2.75, 3.05) is 0 Å². The average molecular weight is 120 g/mol. The van der Waals surface area contributed by atoms with E-state index in [0.29, 0.717) is 0 Å². The summed E-state index contributed by atoms with van der Waals surface area (Å²) in [5, 5.41) is 0. The molecule has 0 aromatic heterocycles. The molecule has 0 radical (unpaired) electrons. The molecule has 0 aliphatic carbocycles. The van der Waals surface area contributed by atoms with Crippen LogP contribution in [0, 0.1) is 6.92 Å². The summed E-state index contributed by atoms with van der Waals surface area (Å²) in [5.74, 6) is 0. The van der Waals surface area contributed by atoms with Gasteiger partial charge in [-0.1, -0.05) is 6.92 Å². The molecule has 26 valence electrons. The molecule has 0 atom stereocenters. The first-order chi connectivity index (χ1) is 1.73. The van der Waals surface area contributed by atoms with Crippen molar-refractivity contribution < 1.29 is 19.5 Å². The van der Waals surface area contributed by atoms with Crippen LogP contribution in [0.4, 0.5) is 0 Å². The molecule has 0 aliphatic heterocycles.